The van der Waals surface area contributed by atoms with Gasteiger partial charge in [0.05, 0.1) is 0 Å². The first-order valence-electron chi connectivity index (χ1n) is 5.47. The molecule has 0 heterocycles. The molecule has 100 valence electrons. The summed E-state index contributed by atoms with van der Waals surface area (Å²) in [4.78, 5) is 0. The zero-order valence-electron chi connectivity index (χ0n) is 9.24. The predicted octanol–water partition coefficient (Wildman–Crippen LogP) is 2.67. The fraction of sp³-hybridized carbons (Fsp3) is 0.455. The van der Waals surface area contributed by atoms with E-state index in [1.165, 1.54) is 0 Å². The van der Waals surface area contributed by atoms with Gasteiger partial charge in [0.2, 0.25) is 5.82 Å². The maximum absolute atomic E-state index is 13.4. The van der Waals surface area contributed by atoms with Crippen LogP contribution >= 0.6 is 0 Å². The molecule has 7 heteroatoms. The summed E-state index contributed by atoms with van der Waals surface area (Å²) in [5, 5.41) is 2.31. The number of benzene rings is 1. The molecule has 0 amide bonds. The predicted molar refractivity (Wildman–Crippen MR) is 55.5 cm³/mol. The van der Waals surface area contributed by atoms with Crippen LogP contribution in [0.25, 0.3) is 0 Å². The summed E-state index contributed by atoms with van der Waals surface area (Å²) in [6.07, 6.45) is 1.92. The van der Waals surface area contributed by atoms with Crippen LogP contribution in [0.4, 0.5) is 27.6 Å². The van der Waals surface area contributed by atoms with E-state index in [1.807, 2.05) is 0 Å². The molecule has 1 aliphatic rings. The lowest BCUT2D eigenvalue weighted by atomic mass is 10.1. The van der Waals surface area contributed by atoms with Crippen molar-refractivity contribution < 1.29 is 22.0 Å². The lowest BCUT2D eigenvalue weighted by molar-refractivity contribution is 0.380. The van der Waals surface area contributed by atoms with E-state index in [-0.39, 0.29) is 6.04 Å². The number of rotatable bonds is 2. The van der Waals surface area contributed by atoms with Crippen molar-refractivity contribution in [2.75, 3.05) is 5.32 Å². The Hall–Kier alpha value is -1.37. The van der Waals surface area contributed by atoms with Crippen molar-refractivity contribution in [1.29, 1.82) is 0 Å². The van der Waals surface area contributed by atoms with Crippen LogP contribution < -0.4 is 11.1 Å². The van der Waals surface area contributed by atoms with Crippen LogP contribution in [0.15, 0.2) is 0 Å². The Kier molecular flexibility index (Phi) is 3.43. The molecule has 0 bridgehead atoms. The lowest BCUT2D eigenvalue weighted by Gasteiger charge is -2.19. The summed E-state index contributed by atoms with van der Waals surface area (Å²) in [5.74, 6) is -9.78. The first-order chi connectivity index (χ1) is 8.43. The Bertz CT molecular complexity index is 448. The number of nitrogens with two attached hydrogens (primary N) is 1. The molecule has 2 unspecified atom stereocenters. The number of hydrogen-bond donors (Lipinski definition) is 2. The third kappa shape index (κ3) is 2.03. The zero-order chi connectivity index (χ0) is 13.4. The highest BCUT2D eigenvalue weighted by atomic mass is 19.2. The molecule has 2 atom stereocenters. The SMILES string of the molecule is NC1CCCC1Nc1c(F)c(F)c(F)c(F)c1F. The molecule has 0 radical (unpaired) electrons. The zero-order valence-corrected chi connectivity index (χ0v) is 9.24. The van der Waals surface area contributed by atoms with Crippen molar-refractivity contribution in [2.45, 2.75) is 31.3 Å². The molecule has 18 heavy (non-hydrogen) atoms. The summed E-state index contributed by atoms with van der Waals surface area (Å²) < 4.78 is 65.4. The molecule has 2 rings (SSSR count). The van der Waals surface area contributed by atoms with Crippen molar-refractivity contribution >= 4 is 5.69 Å². The molecule has 0 spiro atoms. The quantitative estimate of drug-likeness (QED) is 0.490. The molecule has 0 saturated heterocycles. The van der Waals surface area contributed by atoms with Gasteiger partial charge in [-0.1, -0.05) is 0 Å². The summed E-state index contributed by atoms with van der Waals surface area (Å²) in [6, 6.07) is -0.849. The standard InChI is InChI=1S/C11H11F5N2/c12-6-7(13)9(15)11(10(16)8(6)14)18-5-3-1-2-4(5)17/h4-5,18H,1-3,17H2. The van der Waals surface area contributed by atoms with Crippen LogP contribution in [-0.4, -0.2) is 12.1 Å². The minimum absolute atomic E-state index is 0.361. The Labute approximate surface area is 100.0 Å². The van der Waals surface area contributed by atoms with Gasteiger partial charge in [0.25, 0.3) is 0 Å². The molecule has 1 aromatic carbocycles. The molecule has 1 aliphatic carbocycles. The van der Waals surface area contributed by atoms with E-state index in [0.29, 0.717) is 12.8 Å². The highest BCUT2D eigenvalue weighted by Gasteiger charge is 2.30. The molecule has 1 saturated carbocycles. The Morgan fingerprint density at radius 1 is 0.833 bits per heavy atom. The van der Waals surface area contributed by atoms with E-state index in [0.717, 1.165) is 6.42 Å². The maximum atomic E-state index is 13.4. The van der Waals surface area contributed by atoms with Crippen LogP contribution in [0.3, 0.4) is 0 Å². The molecule has 3 N–H and O–H groups in total. The van der Waals surface area contributed by atoms with Gasteiger partial charge in [-0.2, -0.15) is 0 Å². The summed E-state index contributed by atoms with van der Waals surface area (Å²) in [5.41, 5.74) is 4.66. The van der Waals surface area contributed by atoms with Crippen LogP contribution in [0, 0.1) is 29.1 Å². The van der Waals surface area contributed by atoms with Crippen LogP contribution in [0.5, 0.6) is 0 Å². The van der Waals surface area contributed by atoms with Crippen LogP contribution in [0.1, 0.15) is 19.3 Å². The number of hydrogen-bond acceptors (Lipinski definition) is 2. The Balaban J connectivity index is 2.38. The highest BCUT2D eigenvalue weighted by Crippen LogP contribution is 2.30. The van der Waals surface area contributed by atoms with Gasteiger partial charge in [-0.15, -0.1) is 0 Å². The molecule has 0 aliphatic heterocycles. The van der Waals surface area contributed by atoms with Gasteiger partial charge >= 0.3 is 0 Å². The molecular formula is C11H11F5N2. The topological polar surface area (TPSA) is 38.0 Å². The fourth-order valence-corrected chi connectivity index (χ4v) is 2.08. The second kappa shape index (κ2) is 4.72. The van der Waals surface area contributed by atoms with Gasteiger partial charge < -0.3 is 11.1 Å². The third-order valence-corrected chi connectivity index (χ3v) is 3.11. The number of anilines is 1. The number of nitrogens with one attached hydrogen (secondary N) is 1. The second-order valence-corrected chi connectivity index (χ2v) is 4.29. The van der Waals surface area contributed by atoms with Crippen LogP contribution in [0.2, 0.25) is 0 Å². The molecule has 1 fully saturated rings. The summed E-state index contributed by atoms with van der Waals surface area (Å²) in [7, 11) is 0. The second-order valence-electron chi connectivity index (χ2n) is 4.29. The first-order valence-corrected chi connectivity index (χ1v) is 5.47. The summed E-state index contributed by atoms with van der Waals surface area (Å²) in [6.45, 7) is 0. The van der Waals surface area contributed by atoms with E-state index in [9.17, 15) is 22.0 Å². The van der Waals surface area contributed by atoms with Gasteiger partial charge in [0.1, 0.15) is 5.69 Å². The highest BCUT2D eigenvalue weighted by molar-refractivity contribution is 5.49. The van der Waals surface area contributed by atoms with E-state index in [2.05, 4.69) is 5.32 Å². The lowest BCUT2D eigenvalue weighted by Crippen LogP contribution is -2.36. The molecule has 2 nitrogen and oxygen atoms in total. The van der Waals surface area contributed by atoms with Crippen molar-refractivity contribution in [3.63, 3.8) is 0 Å². The van der Waals surface area contributed by atoms with Crippen molar-refractivity contribution in [1.82, 2.24) is 0 Å². The maximum Gasteiger partial charge on any atom is 0.200 e. The monoisotopic (exact) mass is 266 g/mol. The van der Waals surface area contributed by atoms with Crippen molar-refractivity contribution in [2.24, 2.45) is 5.73 Å². The Morgan fingerprint density at radius 3 is 1.78 bits per heavy atom. The average molecular weight is 266 g/mol. The van der Waals surface area contributed by atoms with E-state index in [4.69, 9.17) is 5.73 Å². The van der Waals surface area contributed by atoms with Crippen molar-refractivity contribution in [3.8, 4) is 0 Å². The van der Waals surface area contributed by atoms with E-state index in [1.54, 1.807) is 0 Å². The fourth-order valence-electron chi connectivity index (χ4n) is 2.08. The molecular weight excluding hydrogens is 255 g/mol. The minimum atomic E-state index is -2.16. The van der Waals surface area contributed by atoms with Crippen LogP contribution in [-0.2, 0) is 0 Å². The normalized spacial score (nSPS) is 23.4. The van der Waals surface area contributed by atoms with Gasteiger partial charge in [-0.3, -0.25) is 0 Å². The largest absolute Gasteiger partial charge is 0.376 e. The average Bonchev–Trinajstić information content (AvgIpc) is 2.75. The van der Waals surface area contributed by atoms with E-state index < -0.39 is 40.8 Å². The third-order valence-electron chi connectivity index (χ3n) is 3.11. The summed E-state index contributed by atoms with van der Waals surface area (Å²) >= 11 is 0. The van der Waals surface area contributed by atoms with Gasteiger partial charge in [-0.25, -0.2) is 22.0 Å². The molecule has 1 aromatic rings. The number of halogens is 5. The Morgan fingerprint density at radius 2 is 1.33 bits per heavy atom. The first kappa shape index (κ1) is 13.1. The van der Waals surface area contributed by atoms with E-state index >= 15 is 0 Å². The smallest absolute Gasteiger partial charge is 0.200 e. The van der Waals surface area contributed by atoms with Gasteiger partial charge in [0, 0.05) is 12.1 Å². The molecule has 0 aromatic heterocycles. The van der Waals surface area contributed by atoms with Crippen molar-refractivity contribution in [3.05, 3.63) is 29.1 Å². The van der Waals surface area contributed by atoms with Gasteiger partial charge in [-0.05, 0) is 19.3 Å². The van der Waals surface area contributed by atoms with Gasteiger partial charge in [0.15, 0.2) is 23.3 Å². The minimum Gasteiger partial charge on any atom is -0.376 e.